The van der Waals surface area contributed by atoms with E-state index in [9.17, 15) is 14.4 Å². The number of hydrogen-bond acceptors (Lipinski definition) is 5. The smallest absolute Gasteiger partial charge is 0.151 e. The highest BCUT2D eigenvalue weighted by Crippen LogP contribution is 2.36. The van der Waals surface area contributed by atoms with Gasteiger partial charge in [0.05, 0.1) is 18.0 Å². The van der Waals surface area contributed by atoms with Gasteiger partial charge in [0.15, 0.2) is 5.78 Å². The minimum absolute atomic E-state index is 0.0766. The molecule has 0 spiro atoms. The molecule has 2 heterocycles. The van der Waals surface area contributed by atoms with Gasteiger partial charge >= 0.3 is 0 Å². The van der Waals surface area contributed by atoms with Crippen molar-refractivity contribution in [3.63, 3.8) is 0 Å². The second-order valence-electron chi connectivity index (χ2n) is 7.70. The summed E-state index contributed by atoms with van der Waals surface area (Å²) < 4.78 is 14.6. The highest BCUT2D eigenvalue weighted by atomic mass is 32.1. The van der Waals surface area contributed by atoms with E-state index in [-0.39, 0.29) is 24.7 Å². The zero-order valence-electron chi connectivity index (χ0n) is 15.3. The Bertz CT molecular complexity index is 986. The Kier molecular flexibility index (Phi) is 5.26. The van der Waals surface area contributed by atoms with Gasteiger partial charge in [0.2, 0.25) is 0 Å². The quantitative estimate of drug-likeness (QED) is 0.798. The van der Waals surface area contributed by atoms with E-state index >= 15 is 0 Å². The van der Waals surface area contributed by atoms with Gasteiger partial charge in [-0.2, -0.15) is 10.5 Å². The van der Waals surface area contributed by atoms with E-state index in [2.05, 4.69) is 17.5 Å². The van der Waals surface area contributed by atoms with Crippen LogP contribution in [0.25, 0.3) is 11.1 Å². The summed E-state index contributed by atoms with van der Waals surface area (Å²) in [5.74, 6) is -0.469. The molecule has 2 bridgehead atoms. The maximum absolute atomic E-state index is 14.6. The third-order valence-corrected chi connectivity index (χ3v) is 6.75. The fourth-order valence-electron chi connectivity index (χ4n) is 4.52. The van der Waals surface area contributed by atoms with E-state index in [0.717, 1.165) is 19.3 Å². The van der Waals surface area contributed by atoms with Crippen LogP contribution < -0.4 is 5.32 Å². The molecule has 1 saturated heterocycles. The highest BCUT2D eigenvalue weighted by Gasteiger charge is 2.42. The molecule has 2 fully saturated rings. The van der Waals surface area contributed by atoms with Gasteiger partial charge in [0.25, 0.3) is 0 Å². The van der Waals surface area contributed by atoms with Crippen LogP contribution in [0.3, 0.4) is 0 Å². The van der Waals surface area contributed by atoms with Crippen LogP contribution in [0.5, 0.6) is 0 Å². The number of fused-ring (bicyclic) bond motifs is 2. The van der Waals surface area contributed by atoms with Gasteiger partial charge in [-0.15, -0.1) is 11.3 Å². The molecular formula is C22H20FN3OS. The van der Waals surface area contributed by atoms with Crippen molar-refractivity contribution in [2.24, 2.45) is 11.8 Å². The van der Waals surface area contributed by atoms with Gasteiger partial charge in [0, 0.05) is 18.0 Å². The monoisotopic (exact) mass is 393 g/mol. The lowest BCUT2D eigenvalue weighted by Crippen LogP contribution is -2.42. The van der Waals surface area contributed by atoms with Crippen molar-refractivity contribution in [1.29, 1.82) is 10.5 Å². The molecular weight excluding hydrogens is 373 g/mol. The first-order chi connectivity index (χ1) is 13.6. The maximum Gasteiger partial charge on any atom is 0.151 e. The molecule has 2 aromatic rings. The van der Waals surface area contributed by atoms with Crippen molar-refractivity contribution < 1.29 is 9.18 Å². The summed E-state index contributed by atoms with van der Waals surface area (Å²) >= 11 is 1.32. The Balaban J connectivity index is 1.44. The lowest BCUT2D eigenvalue weighted by atomic mass is 9.88. The SMILES string of the molecule is N#Cc1sccc1-c1ccc(C[C@@H](C#N)CC(=O)[C@H]2N[C@@H]3CC[C@H]2C3)c(F)c1. The topological polar surface area (TPSA) is 76.7 Å². The van der Waals surface area contributed by atoms with Crippen molar-refractivity contribution in [3.05, 3.63) is 45.9 Å². The first-order valence-corrected chi connectivity index (χ1v) is 10.4. The first kappa shape index (κ1) is 18.8. The Hall–Kier alpha value is -2.54. The molecule has 1 aliphatic carbocycles. The zero-order chi connectivity index (χ0) is 19.7. The lowest BCUT2D eigenvalue weighted by molar-refractivity contribution is -0.122. The summed E-state index contributed by atoms with van der Waals surface area (Å²) in [5.41, 5.74) is 1.79. The fraction of sp³-hybridized carbons (Fsp3) is 0.409. The number of piperidine rings is 1. The number of carbonyl (C=O) groups is 1. The van der Waals surface area contributed by atoms with Crippen LogP contribution in [0.1, 0.15) is 36.1 Å². The first-order valence-electron chi connectivity index (χ1n) is 9.53. The van der Waals surface area contributed by atoms with Crippen LogP contribution >= 0.6 is 11.3 Å². The van der Waals surface area contributed by atoms with E-state index in [1.807, 2.05) is 0 Å². The number of hydrogen-bond donors (Lipinski definition) is 1. The van der Waals surface area contributed by atoms with Crippen molar-refractivity contribution in [2.75, 3.05) is 0 Å². The third-order valence-electron chi connectivity index (χ3n) is 5.93. The fourth-order valence-corrected chi connectivity index (χ4v) is 5.22. The number of halogens is 1. The summed E-state index contributed by atoms with van der Waals surface area (Å²) in [7, 11) is 0. The zero-order valence-corrected chi connectivity index (χ0v) is 16.1. The summed E-state index contributed by atoms with van der Waals surface area (Å²) in [5, 5.41) is 23.8. The molecule has 1 N–H and O–H groups in total. The average molecular weight is 393 g/mol. The van der Waals surface area contributed by atoms with Crippen LogP contribution in [0.15, 0.2) is 29.6 Å². The Morgan fingerprint density at radius 1 is 1.32 bits per heavy atom. The van der Waals surface area contributed by atoms with Gasteiger partial charge in [-0.1, -0.05) is 12.1 Å². The normalized spacial score (nSPS) is 23.9. The molecule has 1 aromatic heterocycles. The number of thiophene rings is 1. The second-order valence-corrected chi connectivity index (χ2v) is 8.61. The summed E-state index contributed by atoms with van der Waals surface area (Å²) in [4.78, 5) is 13.2. The summed E-state index contributed by atoms with van der Waals surface area (Å²) in [6.07, 6.45) is 3.63. The molecule has 2 aliphatic rings. The van der Waals surface area contributed by atoms with Crippen LogP contribution in [-0.2, 0) is 11.2 Å². The Labute approximate surface area is 167 Å². The molecule has 1 aromatic carbocycles. The van der Waals surface area contributed by atoms with Gasteiger partial charge in [-0.05, 0) is 60.2 Å². The van der Waals surface area contributed by atoms with E-state index in [1.54, 1.807) is 23.6 Å². The summed E-state index contributed by atoms with van der Waals surface area (Å²) in [6.45, 7) is 0. The van der Waals surface area contributed by atoms with Crippen molar-refractivity contribution >= 4 is 17.1 Å². The summed E-state index contributed by atoms with van der Waals surface area (Å²) in [6, 6.07) is 11.3. The predicted molar refractivity (Wildman–Crippen MR) is 105 cm³/mol. The Morgan fingerprint density at radius 3 is 2.82 bits per heavy atom. The second kappa shape index (κ2) is 7.83. The van der Waals surface area contributed by atoms with Gasteiger partial charge < -0.3 is 5.32 Å². The van der Waals surface area contributed by atoms with Crippen LogP contribution in [0.4, 0.5) is 4.39 Å². The van der Waals surface area contributed by atoms with Crippen molar-refractivity contribution in [2.45, 2.75) is 44.2 Å². The van der Waals surface area contributed by atoms with Crippen LogP contribution in [-0.4, -0.2) is 17.9 Å². The van der Waals surface area contributed by atoms with Gasteiger partial charge in [-0.3, -0.25) is 4.79 Å². The van der Waals surface area contributed by atoms with Crippen LogP contribution in [0.2, 0.25) is 0 Å². The molecule has 28 heavy (non-hydrogen) atoms. The lowest BCUT2D eigenvalue weighted by Gasteiger charge is -2.22. The Morgan fingerprint density at radius 2 is 2.18 bits per heavy atom. The van der Waals surface area contributed by atoms with Crippen molar-refractivity contribution in [3.8, 4) is 23.3 Å². The molecule has 0 radical (unpaired) electrons. The number of Topliss-reactive ketones (excluding diaryl/α,β-unsaturated/α-hetero) is 1. The number of benzene rings is 1. The standard InChI is InChI=1S/C22H20FN3OS/c23-19-10-14(18-5-6-28-21(18)12-25)1-2-15(19)7-13(11-24)8-20(27)22-16-3-4-17(9-16)26-22/h1-2,5-6,10,13,16-17,22,26H,3-4,7-9H2/t13-,16+,17-,22+/m1/s1. The molecule has 6 heteroatoms. The van der Waals surface area contributed by atoms with Crippen LogP contribution in [0, 0.1) is 40.3 Å². The number of nitrogens with one attached hydrogen (secondary N) is 1. The molecule has 4 atom stereocenters. The largest absolute Gasteiger partial charge is 0.304 e. The van der Waals surface area contributed by atoms with Gasteiger partial charge in [-0.25, -0.2) is 4.39 Å². The number of carbonyl (C=O) groups excluding carboxylic acids is 1. The number of rotatable bonds is 6. The third kappa shape index (κ3) is 3.58. The molecule has 4 rings (SSSR count). The molecule has 1 saturated carbocycles. The van der Waals surface area contributed by atoms with E-state index in [4.69, 9.17) is 5.26 Å². The van der Waals surface area contributed by atoms with E-state index < -0.39 is 11.7 Å². The van der Waals surface area contributed by atoms with Crippen molar-refractivity contribution in [1.82, 2.24) is 5.32 Å². The molecule has 142 valence electrons. The molecule has 4 nitrogen and oxygen atoms in total. The molecule has 1 aliphatic heterocycles. The molecule has 0 unspecified atom stereocenters. The number of nitrogens with zero attached hydrogens (tertiary/aromatic N) is 2. The van der Waals surface area contributed by atoms with E-state index in [1.165, 1.54) is 17.4 Å². The minimum atomic E-state index is -0.537. The number of ketones is 1. The van der Waals surface area contributed by atoms with Gasteiger partial charge in [0.1, 0.15) is 16.8 Å². The average Bonchev–Trinajstić information content (AvgIpc) is 3.45. The van der Waals surface area contributed by atoms with E-state index in [0.29, 0.717) is 33.5 Å². The minimum Gasteiger partial charge on any atom is -0.304 e. The maximum atomic E-state index is 14.6. The number of nitriles is 2. The molecule has 0 amide bonds. The predicted octanol–water partition coefficient (Wildman–Crippen LogP) is 4.21. The highest BCUT2D eigenvalue weighted by molar-refractivity contribution is 7.11.